The van der Waals surface area contributed by atoms with E-state index in [4.69, 9.17) is 31.3 Å². The first kappa shape index (κ1) is 24.2. The van der Waals surface area contributed by atoms with Crippen molar-refractivity contribution in [3.63, 3.8) is 0 Å². The summed E-state index contributed by atoms with van der Waals surface area (Å²) in [7, 11) is 0. The molecule has 0 radical (unpaired) electrons. The molecule has 0 aliphatic carbocycles. The van der Waals surface area contributed by atoms with E-state index in [1.54, 1.807) is 0 Å². The van der Waals surface area contributed by atoms with Crippen molar-refractivity contribution in [2.24, 2.45) is 0 Å². The minimum absolute atomic E-state index is 0.0189. The quantitative estimate of drug-likeness (QED) is 0.385. The van der Waals surface area contributed by atoms with Gasteiger partial charge in [0.25, 0.3) is 0 Å². The van der Waals surface area contributed by atoms with Crippen molar-refractivity contribution in [3.05, 3.63) is 65.2 Å². The second-order valence-corrected chi connectivity index (χ2v) is 10.0. The average Bonchev–Trinajstić information content (AvgIpc) is 3.39. The van der Waals surface area contributed by atoms with Crippen molar-refractivity contribution >= 4 is 28.6 Å². The molecule has 4 aromatic rings. The van der Waals surface area contributed by atoms with Gasteiger partial charge in [-0.15, -0.1) is 0 Å². The second-order valence-electron chi connectivity index (χ2n) is 9.65. The number of fused-ring (bicyclic) bond motifs is 1. The van der Waals surface area contributed by atoms with Crippen molar-refractivity contribution in [1.82, 2.24) is 29.4 Å². The molecule has 1 N–H and O–H groups in total. The lowest BCUT2D eigenvalue weighted by Gasteiger charge is -2.32. The summed E-state index contributed by atoms with van der Waals surface area (Å²) in [5, 5.41) is 10.2. The van der Waals surface area contributed by atoms with Gasteiger partial charge in [-0.1, -0.05) is 35.9 Å². The number of benzene rings is 1. The van der Waals surface area contributed by atoms with E-state index >= 15 is 0 Å². The van der Waals surface area contributed by atoms with Gasteiger partial charge in [-0.3, -0.25) is 4.90 Å². The maximum absolute atomic E-state index is 9.66. The Morgan fingerprint density at radius 1 is 0.973 bits per heavy atom. The van der Waals surface area contributed by atoms with Gasteiger partial charge in [0.1, 0.15) is 5.15 Å². The van der Waals surface area contributed by atoms with Gasteiger partial charge in [-0.05, 0) is 36.1 Å². The predicted octanol–water partition coefficient (Wildman–Crippen LogP) is 3.71. The number of rotatable bonds is 6. The first-order valence-electron chi connectivity index (χ1n) is 12.8. The van der Waals surface area contributed by atoms with Crippen LogP contribution < -0.4 is 4.90 Å². The van der Waals surface area contributed by atoms with E-state index in [1.165, 1.54) is 5.56 Å². The molecule has 0 atom stereocenters. The summed E-state index contributed by atoms with van der Waals surface area (Å²) in [6.07, 6.45) is 5.81. The SMILES string of the molecule is OCc1cccc(-c2nc(N3CCOCC3)c3ncn(C4CCN(Cc5ccc(Cl)nc5)CC4)c3n2)c1. The molecular formula is C27H30ClN7O2. The molecule has 0 spiro atoms. The highest BCUT2D eigenvalue weighted by atomic mass is 35.5. The lowest BCUT2D eigenvalue weighted by atomic mass is 10.0. The fraction of sp³-hybridized carbons (Fsp3) is 0.407. The Balaban J connectivity index is 1.30. The van der Waals surface area contributed by atoms with Crippen LogP contribution in [0.2, 0.25) is 5.15 Å². The number of hydrogen-bond donors (Lipinski definition) is 1. The number of ether oxygens (including phenoxy) is 1. The lowest BCUT2D eigenvalue weighted by Crippen LogP contribution is -2.37. The maximum Gasteiger partial charge on any atom is 0.166 e. The summed E-state index contributed by atoms with van der Waals surface area (Å²) in [6, 6.07) is 12.0. The van der Waals surface area contributed by atoms with Crippen LogP contribution in [-0.4, -0.2) is 73.9 Å². The zero-order valence-electron chi connectivity index (χ0n) is 20.6. The standard InChI is InChI=1S/C27H30ClN7O2/c28-23-5-4-20(15-29-23)16-33-8-6-22(7-9-33)35-18-30-24-26(34-10-12-37-13-11-34)31-25(32-27(24)35)21-3-1-2-19(14-21)17-36/h1-5,14-15,18,22,36H,6-13,16-17H2. The van der Waals surface area contributed by atoms with Crippen LogP contribution in [-0.2, 0) is 17.9 Å². The summed E-state index contributed by atoms with van der Waals surface area (Å²) < 4.78 is 7.82. The van der Waals surface area contributed by atoms with Crippen LogP contribution in [0.25, 0.3) is 22.6 Å². The number of nitrogens with zero attached hydrogens (tertiary/aromatic N) is 7. The highest BCUT2D eigenvalue weighted by Crippen LogP contribution is 2.32. The molecule has 0 saturated carbocycles. The number of likely N-dealkylation sites (tertiary alicyclic amines) is 1. The van der Waals surface area contributed by atoms with E-state index < -0.39 is 0 Å². The number of hydrogen-bond acceptors (Lipinski definition) is 8. The van der Waals surface area contributed by atoms with Crippen LogP contribution in [0.3, 0.4) is 0 Å². The molecule has 9 nitrogen and oxygen atoms in total. The molecule has 2 aliphatic heterocycles. The molecule has 3 aromatic heterocycles. The monoisotopic (exact) mass is 519 g/mol. The molecule has 0 amide bonds. The largest absolute Gasteiger partial charge is 0.392 e. The van der Waals surface area contributed by atoms with Gasteiger partial charge in [-0.25, -0.2) is 19.9 Å². The molecule has 6 rings (SSSR count). The number of morpholine rings is 1. The van der Waals surface area contributed by atoms with Crippen molar-refractivity contribution in [1.29, 1.82) is 0 Å². The van der Waals surface area contributed by atoms with Crippen LogP contribution in [0.1, 0.15) is 30.0 Å². The lowest BCUT2D eigenvalue weighted by molar-refractivity contribution is 0.122. The summed E-state index contributed by atoms with van der Waals surface area (Å²) in [5.74, 6) is 1.50. The highest BCUT2D eigenvalue weighted by molar-refractivity contribution is 6.29. The van der Waals surface area contributed by atoms with Gasteiger partial charge >= 0.3 is 0 Å². The van der Waals surface area contributed by atoms with E-state index in [1.807, 2.05) is 48.9 Å². The van der Waals surface area contributed by atoms with Crippen molar-refractivity contribution in [3.8, 4) is 11.4 Å². The molecule has 5 heterocycles. The Labute approximate surface area is 220 Å². The van der Waals surface area contributed by atoms with Gasteiger partial charge < -0.3 is 19.3 Å². The smallest absolute Gasteiger partial charge is 0.166 e. The fourth-order valence-corrected chi connectivity index (χ4v) is 5.33. The van der Waals surface area contributed by atoms with Gasteiger partial charge in [-0.2, -0.15) is 0 Å². The number of halogens is 1. The normalized spacial score (nSPS) is 17.5. The number of imidazole rings is 1. The number of piperidine rings is 1. The summed E-state index contributed by atoms with van der Waals surface area (Å²) in [6.45, 7) is 5.71. The van der Waals surface area contributed by atoms with E-state index in [0.717, 1.165) is 73.7 Å². The van der Waals surface area contributed by atoms with Gasteiger partial charge in [0, 0.05) is 50.5 Å². The summed E-state index contributed by atoms with van der Waals surface area (Å²) in [4.78, 5) is 23.7. The summed E-state index contributed by atoms with van der Waals surface area (Å²) in [5.41, 5.74) is 4.60. The number of pyridine rings is 1. The van der Waals surface area contributed by atoms with E-state index in [2.05, 4.69) is 19.4 Å². The zero-order chi connectivity index (χ0) is 25.2. The number of aliphatic hydroxyl groups is 1. The van der Waals surface area contributed by atoms with Crippen molar-refractivity contribution in [2.45, 2.75) is 32.0 Å². The molecule has 2 aliphatic rings. The Bertz CT molecular complexity index is 1360. The highest BCUT2D eigenvalue weighted by Gasteiger charge is 2.26. The Hall–Kier alpha value is -3.11. The number of aliphatic hydroxyl groups excluding tert-OH is 1. The molecule has 1 aromatic carbocycles. The molecule has 10 heteroatoms. The first-order valence-corrected chi connectivity index (χ1v) is 13.2. The van der Waals surface area contributed by atoms with Crippen LogP contribution >= 0.6 is 11.6 Å². The number of anilines is 1. The first-order chi connectivity index (χ1) is 18.2. The number of aromatic nitrogens is 5. The van der Waals surface area contributed by atoms with Crippen LogP contribution in [0.5, 0.6) is 0 Å². The van der Waals surface area contributed by atoms with E-state index in [0.29, 0.717) is 30.2 Å². The van der Waals surface area contributed by atoms with Crippen LogP contribution in [0.4, 0.5) is 5.82 Å². The topological polar surface area (TPSA) is 92.4 Å². The molecule has 37 heavy (non-hydrogen) atoms. The van der Waals surface area contributed by atoms with Gasteiger partial charge in [0.15, 0.2) is 22.8 Å². The molecule has 0 unspecified atom stereocenters. The predicted molar refractivity (Wildman–Crippen MR) is 143 cm³/mol. The third-order valence-corrected chi connectivity index (χ3v) is 7.45. The molecule has 0 bridgehead atoms. The average molecular weight is 520 g/mol. The van der Waals surface area contributed by atoms with Gasteiger partial charge in [0.2, 0.25) is 0 Å². The van der Waals surface area contributed by atoms with Crippen molar-refractivity contribution in [2.75, 3.05) is 44.3 Å². The van der Waals surface area contributed by atoms with E-state index in [-0.39, 0.29) is 6.61 Å². The van der Waals surface area contributed by atoms with Gasteiger partial charge in [0.05, 0.1) is 26.1 Å². The zero-order valence-corrected chi connectivity index (χ0v) is 21.4. The van der Waals surface area contributed by atoms with E-state index in [9.17, 15) is 5.11 Å². The third-order valence-electron chi connectivity index (χ3n) is 7.23. The maximum atomic E-state index is 9.66. The molecule has 2 fully saturated rings. The minimum atomic E-state index is -0.0189. The molecule has 192 valence electrons. The Morgan fingerprint density at radius 2 is 1.81 bits per heavy atom. The van der Waals surface area contributed by atoms with Crippen molar-refractivity contribution < 1.29 is 9.84 Å². The van der Waals surface area contributed by atoms with Crippen LogP contribution in [0, 0.1) is 0 Å². The minimum Gasteiger partial charge on any atom is -0.392 e. The van der Waals surface area contributed by atoms with Crippen LogP contribution in [0.15, 0.2) is 48.9 Å². The second kappa shape index (κ2) is 10.7. The third kappa shape index (κ3) is 5.17. The Kier molecular flexibility index (Phi) is 7.01. The molecule has 2 saturated heterocycles. The molecular weight excluding hydrogens is 490 g/mol. The summed E-state index contributed by atoms with van der Waals surface area (Å²) >= 11 is 5.94. The Morgan fingerprint density at radius 3 is 2.57 bits per heavy atom. The fourth-order valence-electron chi connectivity index (χ4n) is 5.22.